The number of fused-ring (bicyclic) bond motifs is 3. The van der Waals surface area contributed by atoms with Crippen molar-refractivity contribution in [3.8, 4) is 11.1 Å². The largest absolute Gasteiger partial charge is 0.480 e. The van der Waals surface area contributed by atoms with Crippen molar-refractivity contribution in [3.05, 3.63) is 77.2 Å². The number of aliphatic carboxylic acids is 1. The molecule has 0 bridgehead atoms. The van der Waals surface area contributed by atoms with Gasteiger partial charge in [0, 0.05) is 18.4 Å². The highest BCUT2D eigenvalue weighted by Gasteiger charge is 2.30. The molecule has 0 spiro atoms. The van der Waals surface area contributed by atoms with Crippen molar-refractivity contribution in [2.75, 3.05) is 6.61 Å². The molecule has 0 fully saturated rings. The van der Waals surface area contributed by atoms with Gasteiger partial charge in [-0.15, -0.1) is 0 Å². The highest BCUT2D eigenvalue weighted by atomic mass is 16.5. The molecule has 1 atom stereocenters. The van der Waals surface area contributed by atoms with Gasteiger partial charge in [0.25, 0.3) is 0 Å². The molecule has 0 saturated carbocycles. The van der Waals surface area contributed by atoms with Crippen LogP contribution in [0.3, 0.4) is 0 Å². The van der Waals surface area contributed by atoms with Gasteiger partial charge in [0.2, 0.25) is 0 Å². The van der Waals surface area contributed by atoms with Gasteiger partial charge in [0.05, 0.1) is 5.69 Å². The zero-order valence-corrected chi connectivity index (χ0v) is 15.8. The standard InChI is InChI=1S/C22H20N2O5/c1-13-10-14(24-29-13)11-20(21(25)26)23-22(27)28-12-19-17-8-4-2-6-15(17)16-7-3-5-9-18(16)19/h2-10,19-20H,11-12H2,1H3,(H,23,27)(H,25,26). The van der Waals surface area contributed by atoms with Crippen LogP contribution in [0.2, 0.25) is 0 Å². The second-order valence-electron chi connectivity index (χ2n) is 6.99. The van der Waals surface area contributed by atoms with E-state index in [1.54, 1.807) is 13.0 Å². The molecular formula is C22H20N2O5. The van der Waals surface area contributed by atoms with Gasteiger partial charge in [-0.05, 0) is 29.2 Å². The number of amides is 1. The van der Waals surface area contributed by atoms with E-state index < -0.39 is 18.1 Å². The number of nitrogens with one attached hydrogen (secondary N) is 1. The van der Waals surface area contributed by atoms with Crippen molar-refractivity contribution in [1.29, 1.82) is 0 Å². The third kappa shape index (κ3) is 3.85. The number of carboxylic acids is 1. The Labute approximate surface area is 167 Å². The number of rotatable bonds is 6. The zero-order chi connectivity index (χ0) is 20.4. The Morgan fingerprint density at radius 1 is 1.14 bits per heavy atom. The summed E-state index contributed by atoms with van der Waals surface area (Å²) in [7, 11) is 0. The minimum atomic E-state index is -1.17. The quantitative estimate of drug-likeness (QED) is 0.666. The number of hydrogen-bond donors (Lipinski definition) is 2. The van der Waals surface area contributed by atoms with Crippen LogP contribution in [0.4, 0.5) is 4.79 Å². The molecule has 0 saturated heterocycles. The maximum atomic E-state index is 12.3. The van der Waals surface area contributed by atoms with Crippen LogP contribution in [0.15, 0.2) is 59.1 Å². The van der Waals surface area contributed by atoms with Gasteiger partial charge in [-0.2, -0.15) is 0 Å². The smallest absolute Gasteiger partial charge is 0.407 e. The van der Waals surface area contributed by atoms with Gasteiger partial charge in [0.15, 0.2) is 0 Å². The van der Waals surface area contributed by atoms with E-state index in [1.807, 2.05) is 36.4 Å². The fourth-order valence-electron chi connectivity index (χ4n) is 3.71. The molecule has 1 aliphatic rings. The summed E-state index contributed by atoms with van der Waals surface area (Å²) in [5.41, 5.74) is 4.89. The molecular weight excluding hydrogens is 372 g/mol. The van der Waals surface area contributed by atoms with E-state index in [9.17, 15) is 14.7 Å². The maximum absolute atomic E-state index is 12.3. The predicted molar refractivity (Wildman–Crippen MR) is 105 cm³/mol. The fourth-order valence-corrected chi connectivity index (χ4v) is 3.71. The van der Waals surface area contributed by atoms with Crippen molar-refractivity contribution in [2.24, 2.45) is 0 Å². The first-order valence-corrected chi connectivity index (χ1v) is 9.29. The first kappa shape index (κ1) is 18.7. The number of nitrogens with zero attached hydrogens (tertiary/aromatic N) is 1. The molecule has 1 amide bonds. The minimum absolute atomic E-state index is 0.0108. The molecule has 2 N–H and O–H groups in total. The molecule has 148 valence electrons. The number of carbonyl (C=O) groups is 2. The van der Waals surface area contributed by atoms with Crippen LogP contribution in [0.25, 0.3) is 11.1 Å². The number of hydrogen-bond acceptors (Lipinski definition) is 5. The Bertz CT molecular complexity index is 1010. The molecule has 1 aliphatic carbocycles. The third-order valence-electron chi connectivity index (χ3n) is 5.02. The maximum Gasteiger partial charge on any atom is 0.407 e. The molecule has 0 aliphatic heterocycles. The van der Waals surface area contributed by atoms with Crippen molar-refractivity contribution in [2.45, 2.75) is 25.3 Å². The summed E-state index contributed by atoms with van der Waals surface area (Å²) < 4.78 is 10.4. The molecule has 7 nitrogen and oxygen atoms in total. The van der Waals surface area contributed by atoms with Crippen molar-refractivity contribution < 1.29 is 24.0 Å². The number of carbonyl (C=O) groups excluding carboxylic acids is 1. The molecule has 4 rings (SSSR count). The summed E-state index contributed by atoms with van der Waals surface area (Å²) in [6.07, 6.45) is -0.767. The molecule has 29 heavy (non-hydrogen) atoms. The molecule has 7 heteroatoms. The highest BCUT2D eigenvalue weighted by Crippen LogP contribution is 2.44. The van der Waals surface area contributed by atoms with Crippen molar-refractivity contribution >= 4 is 12.1 Å². The van der Waals surface area contributed by atoms with Gasteiger partial charge in [-0.3, -0.25) is 0 Å². The summed E-state index contributed by atoms with van der Waals surface area (Å²) in [5, 5.41) is 15.6. The van der Waals surface area contributed by atoms with Gasteiger partial charge >= 0.3 is 12.1 Å². The summed E-state index contributed by atoms with van der Waals surface area (Å²) >= 11 is 0. The van der Waals surface area contributed by atoms with Gasteiger partial charge < -0.3 is 19.7 Å². The van der Waals surface area contributed by atoms with Crippen LogP contribution in [0.5, 0.6) is 0 Å². The van der Waals surface area contributed by atoms with Crippen molar-refractivity contribution in [1.82, 2.24) is 10.5 Å². The highest BCUT2D eigenvalue weighted by molar-refractivity contribution is 5.81. The third-order valence-corrected chi connectivity index (χ3v) is 5.02. The Balaban J connectivity index is 1.43. The van der Waals surface area contributed by atoms with E-state index in [4.69, 9.17) is 9.26 Å². The van der Waals surface area contributed by atoms with Crippen LogP contribution in [-0.4, -0.2) is 35.0 Å². The Morgan fingerprint density at radius 3 is 2.31 bits per heavy atom. The lowest BCUT2D eigenvalue weighted by molar-refractivity contribution is -0.139. The first-order chi connectivity index (χ1) is 14.0. The van der Waals surface area contributed by atoms with E-state index >= 15 is 0 Å². The van der Waals surface area contributed by atoms with Gasteiger partial charge in [-0.25, -0.2) is 9.59 Å². The molecule has 0 radical (unpaired) electrons. The predicted octanol–water partition coefficient (Wildman–Crippen LogP) is 3.52. The number of aromatic nitrogens is 1. The van der Waals surface area contributed by atoms with Crippen molar-refractivity contribution in [3.63, 3.8) is 0 Å². The topological polar surface area (TPSA) is 102 Å². The Hall–Kier alpha value is -3.61. The number of ether oxygens (including phenoxy) is 1. The zero-order valence-electron chi connectivity index (χ0n) is 15.8. The average molecular weight is 392 g/mol. The molecule has 1 aromatic heterocycles. The SMILES string of the molecule is Cc1cc(CC(NC(=O)OCC2c3ccccc3-c3ccccc32)C(=O)O)no1. The normalized spacial score (nSPS) is 13.4. The first-order valence-electron chi connectivity index (χ1n) is 9.29. The average Bonchev–Trinajstić information content (AvgIpc) is 3.27. The van der Waals surface area contributed by atoms with Crippen LogP contribution in [0, 0.1) is 6.92 Å². The van der Waals surface area contributed by atoms with Gasteiger partial charge in [-0.1, -0.05) is 53.7 Å². The molecule has 1 heterocycles. The van der Waals surface area contributed by atoms with Gasteiger partial charge in [0.1, 0.15) is 18.4 Å². The van der Waals surface area contributed by atoms with Crippen LogP contribution >= 0.6 is 0 Å². The minimum Gasteiger partial charge on any atom is -0.480 e. The van der Waals surface area contributed by atoms with Crippen LogP contribution in [-0.2, 0) is 16.0 Å². The van der Waals surface area contributed by atoms with E-state index in [0.717, 1.165) is 22.3 Å². The molecule has 3 aromatic rings. The van der Waals surface area contributed by atoms with Crippen LogP contribution < -0.4 is 5.32 Å². The fraction of sp³-hybridized carbons (Fsp3) is 0.227. The lowest BCUT2D eigenvalue weighted by atomic mass is 9.98. The number of alkyl carbamates (subject to hydrolysis) is 1. The summed E-state index contributed by atoms with van der Waals surface area (Å²) in [4.78, 5) is 23.8. The monoisotopic (exact) mass is 392 g/mol. The summed E-state index contributed by atoms with van der Waals surface area (Å²) in [6.45, 7) is 1.83. The summed E-state index contributed by atoms with van der Waals surface area (Å²) in [5.74, 6) is -0.681. The second-order valence-corrected chi connectivity index (χ2v) is 6.99. The summed E-state index contributed by atoms with van der Waals surface area (Å²) in [6, 6.07) is 16.5. The Morgan fingerprint density at radius 2 is 1.76 bits per heavy atom. The van der Waals surface area contributed by atoms with E-state index in [1.165, 1.54) is 0 Å². The lowest BCUT2D eigenvalue weighted by Gasteiger charge is -2.17. The van der Waals surface area contributed by atoms with E-state index in [0.29, 0.717) is 11.5 Å². The molecule has 1 unspecified atom stereocenters. The van der Waals surface area contributed by atoms with E-state index in [-0.39, 0.29) is 18.9 Å². The second kappa shape index (κ2) is 7.79. The Kier molecular flexibility index (Phi) is 5.03. The lowest BCUT2D eigenvalue weighted by Crippen LogP contribution is -2.43. The number of carboxylic acid groups (broad SMARTS) is 1. The van der Waals surface area contributed by atoms with Crippen LogP contribution in [0.1, 0.15) is 28.5 Å². The number of aryl methyl sites for hydroxylation is 1. The molecule has 2 aromatic carbocycles. The number of benzene rings is 2. The van der Waals surface area contributed by atoms with E-state index in [2.05, 4.69) is 22.6 Å².